The van der Waals surface area contributed by atoms with Crippen molar-refractivity contribution in [2.45, 2.75) is 47.0 Å². The van der Waals surface area contributed by atoms with E-state index in [0.717, 1.165) is 59.9 Å². The van der Waals surface area contributed by atoms with Crippen molar-refractivity contribution in [1.82, 2.24) is 9.97 Å². The van der Waals surface area contributed by atoms with Crippen LogP contribution in [-0.2, 0) is 11.2 Å². The lowest BCUT2D eigenvalue weighted by atomic mass is 9.82. The Bertz CT molecular complexity index is 1180. The van der Waals surface area contributed by atoms with Crippen LogP contribution in [0.3, 0.4) is 0 Å². The quantitative estimate of drug-likeness (QED) is 0.399. The monoisotopic (exact) mass is 489 g/mol. The molecule has 7 nitrogen and oxygen atoms in total. The molecule has 4 rings (SSSR count). The first-order valence-electron chi connectivity index (χ1n) is 12.5. The van der Waals surface area contributed by atoms with Crippen LogP contribution >= 0.6 is 0 Å². The molecule has 1 fully saturated rings. The Labute approximate surface area is 213 Å². The van der Waals surface area contributed by atoms with Gasteiger partial charge in [-0.3, -0.25) is 14.8 Å². The zero-order valence-electron chi connectivity index (χ0n) is 21.6. The minimum absolute atomic E-state index is 0.0654. The van der Waals surface area contributed by atoms with E-state index in [0.29, 0.717) is 19.0 Å². The minimum Gasteiger partial charge on any atom is -0.490 e. The molecule has 1 aliphatic heterocycles. The van der Waals surface area contributed by atoms with E-state index in [4.69, 9.17) is 9.47 Å². The van der Waals surface area contributed by atoms with Gasteiger partial charge in [0.1, 0.15) is 24.7 Å². The molecule has 0 spiro atoms. The summed E-state index contributed by atoms with van der Waals surface area (Å²) >= 11 is 0. The van der Waals surface area contributed by atoms with Crippen molar-refractivity contribution in [3.8, 4) is 22.8 Å². The van der Waals surface area contributed by atoms with Crippen LogP contribution in [0, 0.1) is 19.3 Å². The molecule has 1 N–H and O–H groups in total. The van der Waals surface area contributed by atoms with E-state index in [9.17, 15) is 9.90 Å². The molecule has 36 heavy (non-hydrogen) atoms. The van der Waals surface area contributed by atoms with E-state index in [1.807, 2.05) is 56.4 Å². The minimum atomic E-state index is -0.861. The van der Waals surface area contributed by atoms with Crippen molar-refractivity contribution in [3.63, 3.8) is 0 Å². The van der Waals surface area contributed by atoms with Crippen LogP contribution in [0.4, 0.5) is 5.69 Å². The molecule has 190 valence electrons. The average Bonchev–Trinajstić information content (AvgIpc) is 2.85. The number of hydrogen-bond donors (Lipinski definition) is 1. The second-order valence-electron chi connectivity index (χ2n) is 10.2. The number of carboxylic acid groups (broad SMARTS) is 1. The van der Waals surface area contributed by atoms with Gasteiger partial charge in [0, 0.05) is 36.1 Å². The predicted molar refractivity (Wildman–Crippen MR) is 141 cm³/mol. The maximum Gasteiger partial charge on any atom is 0.307 e. The van der Waals surface area contributed by atoms with Crippen LogP contribution in [0.1, 0.15) is 43.5 Å². The number of anilines is 1. The summed E-state index contributed by atoms with van der Waals surface area (Å²) in [7, 11) is 0. The molecule has 2 aromatic heterocycles. The molecule has 0 radical (unpaired) electrons. The third-order valence-electron chi connectivity index (χ3n) is 6.78. The van der Waals surface area contributed by atoms with Crippen molar-refractivity contribution in [2.24, 2.45) is 5.41 Å². The summed E-state index contributed by atoms with van der Waals surface area (Å²) in [4.78, 5) is 23.2. The van der Waals surface area contributed by atoms with Crippen LogP contribution < -0.4 is 14.4 Å². The van der Waals surface area contributed by atoms with E-state index >= 15 is 0 Å². The normalized spacial score (nSPS) is 14.9. The Hall–Kier alpha value is -3.61. The number of aryl methyl sites for hydroxylation is 2. The van der Waals surface area contributed by atoms with Gasteiger partial charge in [-0.05, 0) is 56.4 Å². The summed E-state index contributed by atoms with van der Waals surface area (Å²) in [5.74, 6) is 0.605. The first-order valence-corrected chi connectivity index (χ1v) is 12.5. The highest BCUT2D eigenvalue weighted by Crippen LogP contribution is 2.39. The lowest BCUT2D eigenvalue weighted by Gasteiger charge is -2.40. The van der Waals surface area contributed by atoms with E-state index in [1.165, 1.54) is 5.56 Å². The Morgan fingerprint density at radius 1 is 0.944 bits per heavy atom. The summed E-state index contributed by atoms with van der Waals surface area (Å²) in [5, 5.41) is 9.59. The number of ether oxygens (including phenoxy) is 2. The molecule has 3 heterocycles. The number of benzene rings is 1. The molecule has 1 saturated heterocycles. The molecular formula is C29H35N3O4. The summed E-state index contributed by atoms with van der Waals surface area (Å²) in [6.07, 6.45) is 5.54. The summed E-state index contributed by atoms with van der Waals surface area (Å²) < 4.78 is 11.5. The van der Waals surface area contributed by atoms with Crippen LogP contribution in [-0.4, -0.2) is 47.3 Å². The fraction of sp³-hybridized carbons (Fsp3) is 0.414. The molecule has 0 atom stereocenters. The molecule has 1 aliphatic rings. The summed E-state index contributed by atoms with van der Waals surface area (Å²) in [6, 6.07) is 11.7. The number of carboxylic acids is 1. The van der Waals surface area contributed by atoms with Gasteiger partial charge in [0.25, 0.3) is 0 Å². The molecule has 0 amide bonds. The number of carbonyl (C=O) groups is 1. The van der Waals surface area contributed by atoms with Gasteiger partial charge < -0.3 is 19.5 Å². The van der Waals surface area contributed by atoms with Gasteiger partial charge >= 0.3 is 5.97 Å². The van der Waals surface area contributed by atoms with Gasteiger partial charge in [-0.15, -0.1) is 0 Å². The smallest absolute Gasteiger partial charge is 0.307 e. The molecule has 3 aromatic rings. The average molecular weight is 490 g/mol. The molecule has 1 aromatic carbocycles. The maximum atomic E-state index is 11.7. The summed E-state index contributed by atoms with van der Waals surface area (Å²) in [5.41, 5.74) is 5.52. The Kier molecular flexibility index (Phi) is 7.77. The first-order chi connectivity index (χ1) is 17.2. The molecular weight excluding hydrogens is 454 g/mol. The second-order valence-corrected chi connectivity index (χ2v) is 10.2. The third kappa shape index (κ3) is 6.33. The lowest BCUT2D eigenvalue weighted by molar-refractivity contribution is -0.136. The molecule has 7 heteroatoms. The number of aromatic nitrogens is 2. The number of pyridine rings is 2. The Morgan fingerprint density at radius 2 is 1.58 bits per heavy atom. The van der Waals surface area contributed by atoms with E-state index in [1.54, 1.807) is 6.20 Å². The number of piperidine rings is 1. The van der Waals surface area contributed by atoms with Crippen molar-refractivity contribution in [3.05, 3.63) is 65.6 Å². The number of nitrogens with zero attached hydrogens (tertiary/aromatic N) is 3. The fourth-order valence-corrected chi connectivity index (χ4v) is 4.46. The SMILES string of the molecule is Cc1ccc(OCCOc2ccc(-c3cnc(C)c(CC(=O)O)c3N3CCC(C)(C)CC3)nc2)cc1. The Balaban J connectivity index is 1.50. The van der Waals surface area contributed by atoms with Crippen molar-refractivity contribution in [1.29, 1.82) is 0 Å². The molecule has 0 aliphatic carbocycles. The largest absolute Gasteiger partial charge is 0.490 e. The number of hydrogen-bond acceptors (Lipinski definition) is 6. The van der Waals surface area contributed by atoms with Gasteiger partial charge in [-0.25, -0.2) is 0 Å². The molecule has 0 saturated carbocycles. The van der Waals surface area contributed by atoms with Crippen LogP contribution in [0.15, 0.2) is 48.8 Å². The third-order valence-corrected chi connectivity index (χ3v) is 6.78. The van der Waals surface area contributed by atoms with E-state index in [2.05, 4.69) is 28.7 Å². The van der Waals surface area contributed by atoms with Gasteiger partial charge in [0.05, 0.1) is 24.0 Å². The van der Waals surface area contributed by atoms with Crippen molar-refractivity contribution >= 4 is 11.7 Å². The Morgan fingerprint density at radius 3 is 2.19 bits per heavy atom. The number of rotatable bonds is 9. The van der Waals surface area contributed by atoms with Gasteiger partial charge in [0.15, 0.2) is 0 Å². The highest BCUT2D eigenvalue weighted by atomic mass is 16.5. The fourth-order valence-electron chi connectivity index (χ4n) is 4.46. The molecule has 0 bridgehead atoms. The maximum absolute atomic E-state index is 11.7. The van der Waals surface area contributed by atoms with Gasteiger partial charge in [0.2, 0.25) is 0 Å². The highest BCUT2D eigenvalue weighted by molar-refractivity contribution is 5.83. The predicted octanol–water partition coefficient (Wildman–Crippen LogP) is 5.47. The zero-order chi connectivity index (χ0) is 25.7. The highest BCUT2D eigenvalue weighted by Gasteiger charge is 2.29. The van der Waals surface area contributed by atoms with Crippen molar-refractivity contribution in [2.75, 3.05) is 31.2 Å². The van der Waals surface area contributed by atoms with Gasteiger partial charge in [-0.1, -0.05) is 31.5 Å². The zero-order valence-corrected chi connectivity index (χ0v) is 21.6. The number of aliphatic carboxylic acids is 1. The lowest BCUT2D eigenvalue weighted by Crippen LogP contribution is -2.38. The summed E-state index contributed by atoms with van der Waals surface area (Å²) in [6.45, 7) is 11.1. The standard InChI is InChI=1S/C29H35N3O4/c1-20-5-7-22(8-6-20)35-15-16-36-23-9-10-26(31-18-23)25-19-30-21(2)24(17-27(33)34)28(25)32-13-11-29(3,4)12-14-32/h5-10,18-19H,11-17H2,1-4H3,(H,33,34). The second kappa shape index (κ2) is 11.0. The van der Waals surface area contributed by atoms with Crippen LogP contribution in [0.2, 0.25) is 0 Å². The van der Waals surface area contributed by atoms with E-state index < -0.39 is 5.97 Å². The topological polar surface area (TPSA) is 84.8 Å². The first kappa shape index (κ1) is 25.5. The van der Waals surface area contributed by atoms with Crippen LogP contribution in [0.5, 0.6) is 11.5 Å². The van der Waals surface area contributed by atoms with Crippen LogP contribution in [0.25, 0.3) is 11.3 Å². The van der Waals surface area contributed by atoms with E-state index in [-0.39, 0.29) is 11.8 Å². The molecule has 0 unspecified atom stereocenters. The van der Waals surface area contributed by atoms with Gasteiger partial charge in [-0.2, -0.15) is 0 Å². The van der Waals surface area contributed by atoms with Crippen molar-refractivity contribution < 1.29 is 19.4 Å².